The van der Waals surface area contributed by atoms with Crippen LogP contribution in [0.1, 0.15) is 14.4 Å². The van der Waals surface area contributed by atoms with Crippen LogP contribution in [-0.4, -0.2) is 11.7 Å². The molecule has 0 saturated carbocycles. The van der Waals surface area contributed by atoms with Gasteiger partial charge in [0.05, 0.1) is 0 Å². The van der Waals surface area contributed by atoms with Gasteiger partial charge >= 0.3 is 0 Å². The molecule has 1 N–H and O–H groups in total. The first-order chi connectivity index (χ1) is 1.41. The van der Waals surface area contributed by atoms with Gasteiger partial charge in [-0.1, -0.05) is 7.43 Å². The molecule has 5 heavy (non-hydrogen) atoms. The van der Waals surface area contributed by atoms with E-state index in [9.17, 15) is 0 Å². The van der Waals surface area contributed by atoms with Gasteiger partial charge in [-0.2, -0.15) is 0 Å². The third-order valence-corrected chi connectivity index (χ3v) is 0. The summed E-state index contributed by atoms with van der Waals surface area (Å²) in [4.78, 5) is 0. The van der Waals surface area contributed by atoms with Gasteiger partial charge in [0.25, 0.3) is 0 Å². The Balaban J connectivity index is -0.0000000200. The molecular weight excluding hydrogens is 158 g/mol. The summed E-state index contributed by atoms with van der Waals surface area (Å²) < 4.78 is 0. The van der Waals surface area contributed by atoms with Crippen molar-refractivity contribution in [2.45, 2.75) is 14.4 Å². The van der Waals surface area contributed by atoms with Gasteiger partial charge in [-0.05, 0) is 6.92 Å². The summed E-state index contributed by atoms with van der Waals surface area (Å²) in [5, 5.41) is 7.57. The van der Waals surface area contributed by atoms with E-state index in [2.05, 4.69) is 0 Å². The van der Waals surface area contributed by atoms with Gasteiger partial charge < -0.3 is 5.11 Å². The minimum absolute atomic E-state index is 0. The smallest absolute Gasteiger partial charge is 0.0402 e. The minimum Gasteiger partial charge on any atom is -0.397 e. The van der Waals surface area contributed by atoms with Crippen molar-refractivity contribution in [2.75, 3.05) is 6.61 Å². The second-order valence-electron chi connectivity index (χ2n) is 0.316. The van der Waals surface area contributed by atoms with E-state index < -0.39 is 0 Å². The molecule has 0 saturated heterocycles. The molecule has 0 radical (unpaired) electrons. The van der Waals surface area contributed by atoms with Gasteiger partial charge in [0.1, 0.15) is 0 Å². The van der Waals surface area contributed by atoms with E-state index in [0.29, 0.717) is 0 Å². The fraction of sp³-hybridized carbons (Fsp3) is 1.00. The Kier molecular flexibility index (Phi) is 80.5. The maximum absolute atomic E-state index is 7.57. The Morgan fingerprint density at radius 1 is 1.60 bits per heavy atom. The van der Waals surface area contributed by atoms with Crippen LogP contribution in [0.2, 0.25) is 0 Å². The summed E-state index contributed by atoms with van der Waals surface area (Å²) in [6, 6.07) is 0. The summed E-state index contributed by atoms with van der Waals surface area (Å²) in [5.74, 6) is 0. The van der Waals surface area contributed by atoms with Crippen LogP contribution in [0.4, 0.5) is 0 Å². The van der Waals surface area contributed by atoms with Gasteiger partial charge in [-0.15, -0.1) is 0 Å². The number of rotatable bonds is 0. The average Bonchev–Trinajstić information content (AvgIpc) is 0.918. The van der Waals surface area contributed by atoms with Crippen LogP contribution in [-0.2, 0) is 20.4 Å². The van der Waals surface area contributed by atoms with E-state index in [1.165, 1.54) is 0 Å². The molecule has 1 nitrogen and oxygen atoms in total. The second kappa shape index (κ2) is 23.0. The van der Waals surface area contributed by atoms with Crippen LogP contribution in [0.25, 0.3) is 0 Å². The first-order valence-electron chi connectivity index (χ1n) is 1.02. The van der Waals surface area contributed by atoms with Crippen LogP contribution in [0, 0.1) is 0 Å². The van der Waals surface area contributed by atoms with Crippen molar-refractivity contribution in [3.05, 3.63) is 0 Å². The zero-order valence-electron chi connectivity index (χ0n) is 2.47. The van der Waals surface area contributed by atoms with Gasteiger partial charge in [-0.25, -0.2) is 0 Å². The number of aliphatic hydroxyl groups is 1. The zero-order valence-corrected chi connectivity index (χ0v) is 4.03. The molecule has 0 aliphatic heterocycles. The van der Waals surface area contributed by atoms with Crippen LogP contribution < -0.4 is 0 Å². The molecule has 0 bridgehead atoms. The molecule has 38 valence electrons. The second-order valence-corrected chi connectivity index (χ2v) is 0.316. The Morgan fingerprint density at radius 3 is 1.60 bits per heavy atom. The molecule has 0 aromatic heterocycles. The maximum atomic E-state index is 7.57. The van der Waals surface area contributed by atoms with E-state index in [1.807, 2.05) is 0 Å². The van der Waals surface area contributed by atoms with E-state index in [4.69, 9.17) is 5.11 Å². The predicted octanol–water partition coefficient (Wildman–Crippen LogP) is 0.632. The molecule has 0 unspecified atom stereocenters. The normalized spacial score (nSPS) is 3.60. The molecule has 0 atom stereocenters. The molecule has 0 aliphatic carbocycles. The summed E-state index contributed by atoms with van der Waals surface area (Å²) in [6.45, 7) is 1.93. The van der Waals surface area contributed by atoms with Crippen LogP contribution in [0.3, 0.4) is 0 Å². The van der Waals surface area contributed by atoms with Crippen LogP contribution in [0.15, 0.2) is 0 Å². The third-order valence-electron chi connectivity index (χ3n) is 0. The van der Waals surface area contributed by atoms with E-state index >= 15 is 0 Å². The number of hydrogen-bond acceptors (Lipinski definition) is 1. The predicted molar refractivity (Wildman–Crippen MR) is 19.5 cm³/mol. The Bertz CT molecular complexity index is 6.85. The monoisotopic (exact) mass is 168 g/mol. The van der Waals surface area contributed by atoms with Crippen molar-refractivity contribution in [1.82, 2.24) is 0 Å². The van der Waals surface area contributed by atoms with Gasteiger partial charge in [0, 0.05) is 27.0 Å². The summed E-state index contributed by atoms with van der Waals surface area (Å²) in [7, 11) is 0. The molecule has 0 heterocycles. The van der Waals surface area contributed by atoms with Gasteiger partial charge in [0.2, 0.25) is 0 Å². The average molecular weight is 169 g/mol. The first kappa shape index (κ1) is 17.5. The van der Waals surface area contributed by atoms with Crippen molar-refractivity contribution in [1.29, 1.82) is 0 Å². The molecular formula is C3H10OPd. The molecule has 0 aromatic carbocycles. The Hall–Kier alpha value is 0.622. The molecule has 0 fully saturated rings. The minimum atomic E-state index is 0. The SMILES string of the molecule is C.CCO.[Pd]. The number of hydrogen-bond donors (Lipinski definition) is 1. The molecule has 0 aromatic rings. The van der Waals surface area contributed by atoms with E-state index in [-0.39, 0.29) is 34.5 Å². The van der Waals surface area contributed by atoms with Crippen molar-refractivity contribution < 1.29 is 25.5 Å². The fourth-order valence-corrected chi connectivity index (χ4v) is 0. The quantitative estimate of drug-likeness (QED) is 0.526. The topological polar surface area (TPSA) is 20.2 Å². The Labute approximate surface area is 47.0 Å². The van der Waals surface area contributed by atoms with Crippen molar-refractivity contribution in [3.63, 3.8) is 0 Å². The van der Waals surface area contributed by atoms with E-state index in [0.717, 1.165) is 0 Å². The standard InChI is InChI=1S/C2H6O.CH4.Pd/c1-2-3;;/h3H,2H2,1H3;1H4;. The molecule has 0 amide bonds. The summed E-state index contributed by atoms with van der Waals surface area (Å²) in [5.41, 5.74) is 0. The van der Waals surface area contributed by atoms with Crippen LogP contribution in [0.5, 0.6) is 0 Å². The molecule has 0 aliphatic rings. The van der Waals surface area contributed by atoms with Crippen LogP contribution >= 0.6 is 0 Å². The van der Waals surface area contributed by atoms with E-state index in [1.54, 1.807) is 6.92 Å². The molecule has 0 spiro atoms. The number of aliphatic hydroxyl groups excluding tert-OH is 1. The molecule has 0 rings (SSSR count). The van der Waals surface area contributed by atoms with Crippen molar-refractivity contribution in [3.8, 4) is 0 Å². The fourth-order valence-electron chi connectivity index (χ4n) is 0. The summed E-state index contributed by atoms with van der Waals surface area (Å²) >= 11 is 0. The van der Waals surface area contributed by atoms with Gasteiger partial charge in [0.15, 0.2) is 0 Å². The molecule has 2 heteroatoms. The largest absolute Gasteiger partial charge is 0.397 e. The first-order valence-corrected chi connectivity index (χ1v) is 1.02. The third kappa shape index (κ3) is 82.1. The van der Waals surface area contributed by atoms with Gasteiger partial charge in [-0.3, -0.25) is 0 Å². The maximum Gasteiger partial charge on any atom is 0.0402 e. The zero-order chi connectivity index (χ0) is 2.71. The van der Waals surface area contributed by atoms with Crippen molar-refractivity contribution in [2.24, 2.45) is 0 Å². The van der Waals surface area contributed by atoms with Crippen molar-refractivity contribution >= 4 is 0 Å². The summed E-state index contributed by atoms with van der Waals surface area (Å²) in [6.07, 6.45) is 0. The Morgan fingerprint density at radius 2 is 1.60 bits per heavy atom.